The van der Waals surface area contributed by atoms with Crippen molar-refractivity contribution in [1.29, 1.82) is 5.26 Å². The first-order valence-electron chi connectivity index (χ1n) is 11.6. The largest absolute Gasteiger partial charge is 0.311 e. The molecule has 2 aromatic heterocycles. The number of fused-ring (bicyclic) bond motifs is 3. The van der Waals surface area contributed by atoms with Crippen molar-refractivity contribution >= 4 is 44.9 Å². The molecule has 9 heteroatoms. The number of hydrogen-bond acceptors (Lipinski definition) is 6. The maximum absolute atomic E-state index is 13.5. The van der Waals surface area contributed by atoms with E-state index in [2.05, 4.69) is 13.0 Å². The van der Waals surface area contributed by atoms with Crippen LogP contribution in [-0.2, 0) is 24.2 Å². The number of carbonyl (C=O) groups excluding carboxylic acids is 1. The highest BCUT2D eigenvalue weighted by atomic mass is 32.2. The molecule has 0 bridgehead atoms. The zero-order valence-electron chi connectivity index (χ0n) is 19.2. The lowest BCUT2D eigenvalue weighted by Gasteiger charge is -2.22. The number of rotatable bonds is 10. The summed E-state index contributed by atoms with van der Waals surface area (Å²) in [6.45, 7) is 2.91. The van der Waals surface area contributed by atoms with E-state index in [4.69, 9.17) is 10.2 Å². The Hall–Kier alpha value is -2.70. The third kappa shape index (κ3) is 5.18. The zero-order valence-corrected chi connectivity index (χ0v) is 20.8. The summed E-state index contributed by atoms with van der Waals surface area (Å²) in [6.07, 6.45) is 6.11. The van der Waals surface area contributed by atoms with Crippen LogP contribution >= 0.6 is 23.1 Å². The molecule has 1 amide bonds. The van der Waals surface area contributed by atoms with Gasteiger partial charge in [0.2, 0.25) is 5.91 Å². The Kier molecular flexibility index (Phi) is 8.01. The fourth-order valence-electron chi connectivity index (χ4n) is 4.27. The van der Waals surface area contributed by atoms with E-state index in [0.717, 1.165) is 54.3 Å². The van der Waals surface area contributed by atoms with E-state index < -0.39 is 0 Å². The maximum atomic E-state index is 13.5. The maximum Gasteiger partial charge on any atom is 0.263 e. The number of unbranched alkanes of at least 4 members (excludes halogenated alkanes) is 2. The van der Waals surface area contributed by atoms with Gasteiger partial charge < -0.3 is 4.90 Å². The molecule has 178 valence electrons. The highest BCUT2D eigenvalue weighted by Gasteiger charge is 2.24. The molecule has 0 N–H and O–H groups in total. The quantitative estimate of drug-likeness (QED) is 0.215. The van der Waals surface area contributed by atoms with Crippen molar-refractivity contribution in [2.24, 2.45) is 0 Å². The number of aryl methyl sites for hydroxylation is 2. The first-order valence-corrected chi connectivity index (χ1v) is 13.4. The van der Waals surface area contributed by atoms with Gasteiger partial charge in [0.05, 0.1) is 23.6 Å². The van der Waals surface area contributed by atoms with Crippen LogP contribution in [0.15, 0.2) is 34.2 Å². The molecule has 0 fully saturated rings. The Bertz CT molecular complexity index is 1280. The second-order valence-electron chi connectivity index (χ2n) is 8.31. The topological polar surface area (TPSA) is 79.0 Å². The predicted molar refractivity (Wildman–Crippen MR) is 135 cm³/mol. The molecule has 0 saturated heterocycles. The smallest absolute Gasteiger partial charge is 0.263 e. The van der Waals surface area contributed by atoms with Gasteiger partial charge in [0, 0.05) is 23.7 Å². The van der Waals surface area contributed by atoms with E-state index in [-0.39, 0.29) is 36.0 Å². The van der Waals surface area contributed by atoms with Crippen molar-refractivity contribution in [3.8, 4) is 6.07 Å². The lowest BCUT2D eigenvalue weighted by atomic mass is 10.2. The number of carbonyl (C=O) groups is 1. The molecule has 1 aliphatic carbocycles. The van der Waals surface area contributed by atoms with E-state index in [1.165, 1.54) is 45.8 Å². The number of thiophene rings is 1. The summed E-state index contributed by atoms with van der Waals surface area (Å²) in [5.41, 5.74) is 1.70. The molecule has 0 atom stereocenters. The number of anilines is 1. The van der Waals surface area contributed by atoms with Crippen LogP contribution in [0.3, 0.4) is 0 Å². The fourth-order valence-corrected chi connectivity index (χ4v) is 6.47. The molecule has 6 nitrogen and oxygen atoms in total. The Morgan fingerprint density at radius 2 is 2.09 bits per heavy atom. The second kappa shape index (κ2) is 11.2. The molecule has 0 spiro atoms. The third-order valence-corrected chi connectivity index (χ3v) is 8.13. The zero-order chi connectivity index (χ0) is 24.1. The van der Waals surface area contributed by atoms with Gasteiger partial charge in [0.15, 0.2) is 5.16 Å². The number of nitriles is 1. The summed E-state index contributed by atoms with van der Waals surface area (Å²) in [5, 5.41) is 10.3. The van der Waals surface area contributed by atoms with E-state index in [0.29, 0.717) is 17.4 Å². The van der Waals surface area contributed by atoms with Gasteiger partial charge in [-0.15, -0.1) is 11.3 Å². The molecule has 4 rings (SSSR count). The van der Waals surface area contributed by atoms with Crippen LogP contribution in [0.2, 0.25) is 0 Å². The van der Waals surface area contributed by atoms with Crippen LogP contribution < -0.4 is 10.5 Å². The molecule has 3 aromatic rings. The first-order chi connectivity index (χ1) is 16.5. The van der Waals surface area contributed by atoms with Gasteiger partial charge in [0.1, 0.15) is 10.6 Å². The van der Waals surface area contributed by atoms with Gasteiger partial charge >= 0.3 is 0 Å². The van der Waals surface area contributed by atoms with Gasteiger partial charge in [0.25, 0.3) is 5.56 Å². The fraction of sp³-hybridized carbons (Fsp3) is 0.440. The summed E-state index contributed by atoms with van der Waals surface area (Å²) < 4.78 is 15.1. The minimum atomic E-state index is -0.387. The van der Waals surface area contributed by atoms with Crippen LogP contribution in [0.4, 0.5) is 10.1 Å². The Morgan fingerprint density at radius 3 is 2.82 bits per heavy atom. The highest BCUT2D eigenvalue weighted by molar-refractivity contribution is 7.99. The average molecular weight is 499 g/mol. The van der Waals surface area contributed by atoms with Gasteiger partial charge in [-0.2, -0.15) is 5.26 Å². The van der Waals surface area contributed by atoms with Crippen molar-refractivity contribution in [2.45, 2.75) is 63.6 Å². The monoisotopic (exact) mass is 498 g/mol. The summed E-state index contributed by atoms with van der Waals surface area (Å²) in [7, 11) is 0. The van der Waals surface area contributed by atoms with Gasteiger partial charge in [-0.05, 0) is 55.5 Å². The average Bonchev–Trinajstić information content (AvgIpc) is 3.41. The second-order valence-corrected chi connectivity index (χ2v) is 10.3. The SMILES string of the molecule is CCCCCn1c(SCC(=O)N(CCC#N)c2ccc(F)cc2)nc2sc3c(c2c1=O)CCC3. The van der Waals surface area contributed by atoms with Crippen molar-refractivity contribution < 1.29 is 9.18 Å². The van der Waals surface area contributed by atoms with Crippen molar-refractivity contribution in [3.63, 3.8) is 0 Å². The Morgan fingerprint density at radius 1 is 1.29 bits per heavy atom. The van der Waals surface area contributed by atoms with Crippen LogP contribution in [0.5, 0.6) is 0 Å². The number of hydrogen-bond donors (Lipinski definition) is 0. The van der Waals surface area contributed by atoms with Crippen LogP contribution in [0, 0.1) is 17.1 Å². The van der Waals surface area contributed by atoms with E-state index in [1.807, 2.05) is 0 Å². The molecule has 0 aliphatic heterocycles. The number of aromatic nitrogens is 2. The molecule has 1 aliphatic rings. The predicted octanol–water partition coefficient (Wildman–Crippen LogP) is 5.31. The molecule has 1 aromatic carbocycles. The van der Waals surface area contributed by atoms with Gasteiger partial charge in [-0.1, -0.05) is 31.5 Å². The van der Waals surface area contributed by atoms with Crippen LogP contribution in [0.1, 0.15) is 49.5 Å². The number of amides is 1. The van der Waals surface area contributed by atoms with E-state index in [1.54, 1.807) is 15.9 Å². The molecule has 2 heterocycles. The number of benzene rings is 1. The lowest BCUT2D eigenvalue weighted by molar-refractivity contribution is -0.116. The summed E-state index contributed by atoms with van der Waals surface area (Å²) in [6, 6.07) is 7.73. The van der Waals surface area contributed by atoms with Crippen LogP contribution in [0.25, 0.3) is 10.2 Å². The minimum absolute atomic E-state index is 0.00433. The summed E-state index contributed by atoms with van der Waals surface area (Å²) in [5.74, 6) is -0.531. The van der Waals surface area contributed by atoms with Gasteiger partial charge in [-0.3, -0.25) is 14.2 Å². The third-order valence-electron chi connectivity index (χ3n) is 5.99. The number of nitrogens with zero attached hydrogens (tertiary/aromatic N) is 4. The highest BCUT2D eigenvalue weighted by Crippen LogP contribution is 2.35. The standard InChI is InChI=1S/C25H27FN4O2S2/c1-2-3-4-14-30-24(32)22-19-7-5-8-20(19)34-23(22)28-25(30)33-16-21(31)29(15-6-13-27)18-11-9-17(26)10-12-18/h9-12H,2-8,14-16H2,1H3. The Balaban J connectivity index is 1.61. The van der Waals surface area contributed by atoms with Crippen molar-refractivity contribution in [3.05, 3.63) is 50.9 Å². The molecular weight excluding hydrogens is 471 g/mol. The van der Waals surface area contributed by atoms with Crippen LogP contribution in [-0.4, -0.2) is 27.8 Å². The Labute approximate surface area is 206 Å². The van der Waals surface area contributed by atoms with E-state index in [9.17, 15) is 14.0 Å². The first kappa shape index (κ1) is 24.4. The molecular formula is C25H27FN4O2S2. The summed E-state index contributed by atoms with van der Waals surface area (Å²) in [4.78, 5) is 35.0. The number of thioether (sulfide) groups is 1. The molecule has 0 radical (unpaired) electrons. The molecule has 34 heavy (non-hydrogen) atoms. The normalized spacial score (nSPS) is 12.6. The van der Waals surface area contributed by atoms with E-state index >= 15 is 0 Å². The molecule has 0 unspecified atom stereocenters. The lowest BCUT2D eigenvalue weighted by Crippen LogP contribution is -2.33. The minimum Gasteiger partial charge on any atom is -0.311 e. The van der Waals surface area contributed by atoms with Gasteiger partial charge in [-0.25, -0.2) is 9.37 Å². The summed E-state index contributed by atoms with van der Waals surface area (Å²) >= 11 is 2.85. The van der Waals surface area contributed by atoms with Crippen molar-refractivity contribution in [1.82, 2.24) is 9.55 Å². The van der Waals surface area contributed by atoms with Crippen molar-refractivity contribution in [2.75, 3.05) is 17.2 Å². The molecule has 0 saturated carbocycles. The number of halogens is 1.